The Morgan fingerprint density at radius 3 is 2.12 bits per heavy atom. The number of nitrogens with one attached hydrogen (secondary N) is 4. The lowest BCUT2D eigenvalue weighted by Gasteiger charge is -2.17. The van der Waals surface area contributed by atoms with Crippen LogP contribution in [-0.2, 0) is 9.59 Å². The average molecular weight is 792 g/mol. The van der Waals surface area contributed by atoms with E-state index in [9.17, 15) is 24.4 Å². The Morgan fingerprint density at radius 2 is 1.42 bits per heavy atom. The molecular weight excluding hydrogens is 755 g/mol. The molecule has 0 radical (unpaired) electrons. The molecule has 0 fully saturated rings. The number of carbonyl (C=O) groups excluding carboxylic acids is 4. The standard InChI is InChI=1S/C45H37N5O5S2/c1-3-55-38-25-14-13-20-32(38)26-37(49-41(51)31-18-9-5-10-19-31)42(52)48-34-23-15-24-35(27-34)56-40(30-16-7-4-8-17-30)44(54)50-45-36(28-46)29(2)39(57-45)43(53)47-33-21-11-6-12-22-33/h4-27,40H,3H2,1-2H3,(H,47,53)(H,48,52)(H,49,51)(H,50,54)/b37-26+. The van der Waals surface area contributed by atoms with Gasteiger partial charge >= 0.3 is 0 Å². The summed E-state index contributed by atoms with van der Waals surface area (Å²) in [6.07, 6.45) is 1.56. The van der Waals surface area contributed by atoms with Crippen LogP contribution in [0.15, 0.2) is 150 Å². The summed E-state index contributed by atoms with van der Waals surface area (Å²) in [5.74, 6) is -1.28. The van der Waals surface area contributed by atoms with Crippen LogP contribution in [0.5, 0.6) is 5.75 Å². The van der Waals surface area contributed by atoms with Gasteiger partial charge in [-0.2, -0.15) is 5.26 Å². The third kappa shape index (κ3) is 10.2. The molecule has 10 nitrogen and oxygen atoms in total. The van der Waals surface area contributed by atoms with Gasteiger partial charge in [0.25, 0.3) is 17.7 Å². The number of ether oxygens (including phenoxy) is 1. The molecule has 0 saturated heterocycles. The van der Waals surface area contributed by atoms with E-state index in [-0.39, 0.29) is 22.2 Å². The third-order valence-electron chi connectivity index (χ3n) is 8.47. The topological polar surface area (TPSA) is 149 Å². The Morgan fingerprint density at radius 1 is 0.772 bits per heavy atom. The van der Waals surface area contributed by atoms with Gasteiger partial charge in [-0.1, -0.05) is 91.0 Å². The molecule has 4 N–H and O–H groups in total. The molecule has 1 atom stereocenters. The van der Waals surface area contributed by atoms with E-state index in [1.165, 1.54) is 11.8 Å². The monoisotopic (exact) mass is 791 g/mol. The number of para-hydroxylation sites is 2. The van der Waals surface area contributed by atoms with E-state index < -0.39 is 23.0 Å². The summed E-state index contributed by atoms with van der Waals surface area (Å²) in [7, 11) is 0. The van der Waals surface area contributed by atoms with Crippen LogP contribution >= 0.6 is 23.1 Å². The number of amides is 4. The fraction of sp³-hybridized carbons (Fsp3) is 0.0889. The summed E-state index contributed by atoms with van der Waals surface area (Å²) in [4.78, 5) is 55.4. The maximum atomic E-state index is 14.1. The smallest absolute Gasteiger partial charge is 0.272 e. The number of rotatable bonds is 14. The highest BCUT2D eigenvalue weighted by Gasteiger charge is 2.27. The fourth-order valence-corrected chi connectivity index (χ4v) is 7.85. The second-order valence-electron chi connectivity index (χ2n) is 12.4. The van der Waals surface area contributed by atoms with E-state index in [2.05, 4.69) is 27.3 Å². The Kier molecular flexibility index (Phi) is 13.3. The molecule has 0 aliphatic heterocycles. The maximum Gasteiger partial charge on any atom is 0.272 e. The first kappa shape index (κ1) is 39.7. The van der Waals surface area contributed by atoms with E-state index in [1.54, 1.807) is 97.9 Å². The molecule has 284 valence electrons. The summed E-state index contributed by atoms with van der Waals surface area (Å²) in [6, 6.07) is 43.1. The lowest BCUT2D eigenvalue weighted by Crippen LogP contribution is -2.30. The van der Waals surface area contributed by atoms with Crippen molar-refractivity contribution in [2.45, 2.75) is 24.0 Å². The maximum absolute atomic E-state index is 14.1. The first-order chi connectivity index (χ1) is 27.7. The molecule has 57 heavy (non-hydrogen) atoms. The van der Waals surface area contributed by atoms with Crippen molar-refractivity contribution < 1.29 is 23.9 Å². The minimum atomic E-state index is -0.789. The van der Waals surface area contributed by atoms with Gasteiger partial charge in [0, 0.05) is 27.4 Å². The summed E-state index contributed by atoms with van der Waals surface area (Å²) >= 11 is 2.29. The minimum Gasteiger partial charge on any atom is -0.493 e. The average Bonchev–Trinajstić information content (AvgIpc) is 3.55. The molecule has 1 aromatic heterocycles. The van der Waals surface area contributed by atoms with Crippen molar-refractivity contribution in [2.75, 3.05) is 22.6 Å². The van der Waals surface area contributed by atoms with Crippen LogP contribution in [0.3, 0.4) is 0 Å². The SMILES string of the molecule is CCOc1ccccc1/C=C(/NC(=O)c1ccccc1)C(=O)Nc1cccc(SC(C(=O)Nc2sc(C(=O)Nc3ccccc3)c(C)c2C#N)c2ccccc2)c1. The number of hydrogen-bond acceptors (Lipinski definition) is 8. The minimum absolute atomic E-state index is 0.00744. The number of thioether (sulfide) groups is 1. The van der Waals surface area contributed by atoms with Crippen molar-refractivity contribution in [3.63, 3.8) is 0 Å². The zero-order valence-corrected chi connectivity index (χ0v) is 32.6. The first-order valence-electron chi connectivity index (χ1n) is 17.9. The predicted octanol–water partition coefficient (Wildman–Crippen LogP) is 9.46. The number of carbonyl (C=O) groups is 4. The Bertz CT molecular complexity index is 2460. The quantitative estimate of drug-likeness (QED) is 0.0634. The van der Waals surface area contributed by atoms with E-state index in [4.69, 9.17) is 4.74 Å². The normalized spacial score (nSPS) is 11.4. The number of thiophene rings is 1. The molecular formula is C45H37N5O5S2. The van der Waals surface area contributed by atoms with Gasteiger partial charge in [0.05, 0.1) is 17.0 Å². The van der Waals surface area contributed by atoms with Crippen LogP contribution < -0.4 is 26.0 Å². The van der Waals surface area contributed by atoms with E-state index in [1.807, 2.05) is 61.5 Å². The Balaban J connectivity index is 1.24. The molecule has 6 aromatic rings. The number of benzene rings is 5. The summed E-state index contributed by atoms with van der Waals surface area (Å²) < 4.78 is 5.77. The lowest BCUT2D eigenvalue weighted by atomic mass is 10.1. The van der Waals surface area contributed by atoms with E-state index >= 15 is 0 Å². The fourth-order valence-electron chi connectivity index (χ4n) is 5.71. The second kappa shape index (κ2) is 19.1. The largest absolute Gasteiger partial charge is 0.493 e. The van der Waals surface area contributed by atoms with Gasteiger partial charge in [0.1, 0.15) is 27.8 Å². The molecule has 0 spiro atoms. The molecule has 12 heteroatoms. The highest BCUT2D eigenvalue weighted by molar-refractivity contribution is 8.00. The first-order valence-corrected chi connectivity index (χ1v) is 19.6. The van der Waals surface area contributed by atoms with E-state index in [0.29, 0.717) is 55.8 Å². The van der Waals surface area contributed by atoms with Crippen molar-refractivity contribution in [2.24, 2.45) is 0 Å². The number of anilines is 3. The molecule has 4 amide bonds. The van der Waals surface area contributed by atoms with Gasteiger partial charge in [0.15, 0.2) is 0 Å². The molecule has 5 aromatic carbocycles. The molecule has 1 unspecified atom stereocenters. The van der Waals surface area contributed by atoms with E-state index in [0.717, 1.165) is 11.3 Å². The molecule has 1 heterocycles. The van der Waals surface area contributed by atoms with Gasteiger partial charge in [-0.25, -0.2) is 0 Å². The van der Waals surface area contributed by atoms with Crippen molar-refractivity contribution in [3.8, 4) is 11.8 Å². The van der Waals surface area contributed by atoms with Crippen LogP contribution in [0.25, 0.3) is 6.08 Å². The van der Waals surface area contributed by atoms with Crippen LogP contribution in [0.4, 0.5) is 16.4 Å². The van der Waals surface area contributed by atoms with Crippen molar-refractivity contribution in [1.29, 1.82) is 5.26 Å². The Hall–Kier alpha value is -6.94. The van der Waals surface area contributed by atoms with Gasteiger partial charge in [-0.15, -0.1) is 23.1 Å². The summed E-state index contributed by atoms with van der Waals surface area (Å²) in [5.41, 5.74) is 3.37. The Labute approximate surface area is 338 Å². The van der Waals surface area contributed by atoms with Crippen molar-refractivity contribution in [1.82, 2.24) is 5.32 Å². The number of nitriles is 1. The van der Waals surface area contributed by atoms with Gasteiger partial charge < -0.3 is 26.0 Å². The third-order valence-corrected chi connectivity index (χ3v) is 10.9. The number of hydrogen-bond donors (Lipinski definition) is 4. The highest BCUT2D eigenvalue weighted by Crippen LogP contribution is 2.39. The van der Waals surface area contributed by atoms with Gasteiger partial charge in [-0.3, -0.25) is 19.2 Å². The molecule has 0 saturated carbocycles. The summed E-state index contributed by atoms with van der Waals surface area (Å²) in [5, 5.41) is 21.0. The molecule has 0 aliphatic carbocycles. The van der Waals surface area contributed by atoms with Crippen LogP contribution in [0.1, 0.15) is 54.5 Å². The highest BCUT2D eigenvalue weighted by atomic mass is 32.2. The lowest BCUT2D eigenvalue weighted by molar-refractivity contribution is -0.116. The zero-order chi connectivity index (χ0) is 40.1. The van der Waals surface area contributed by atoms with Gasteiger partial charge in [-0.05, 0) is 79.6 Å². The molecule has 6 rings (SSSR count). The van der Waals surface area contributed by atoms with Crippen molar-refractivity contribution in [3.05, 3.63) is 178 Å². The predicted molar refractivity (Wildman–Crippen MR) is 226 cm³/mol. The second-order valence-corrected chi connectivity index (χ2v) is 14.6. The van der Waals surface area contributed by atoms with Gasteiger partial charge in [0.2, 0.25) is 5.91 Å². The summed E-state index contributed by atoms with van der Waals surface area (Å²) in [6.45, 7) is 3.95. The zero-order valence-electron chi connectivity index (χ0n) is 30.9. The van der Waals surface area contributed by atoms with Crippen molar-refractivity contribution >= 4 is 69.2 Å². The molecule has 0 aliphatic rings. The van der Waals surface area contributed by atoms with Crippen LogP contribution in [-0.4, -0.2) is 30.2 Å². The number of nitrogens with zero attached hydrogens (tertiary/aromatic N) is 1. The van der Waals surface area contributed by atoms with Crippen LogP contribution in [0, 0.1) is 18.3 Å². The van der Waals surface area contributed by atoms with Crippen LogP contribution in [0.2, 0.25) is 0 Å². The molecule has 0 bridgehead atoms.